The number of nitrogens with two attached hydrogens (primary N) is 1. The lowest BCUT2D eigenvalue weighted by Crippen LogP contribution is -2.19. The molecule has 1 aromatic rings. The van der Waals surface area contributed by atoms with Crippen molar-refractivity contribution in [1.82, 2.24) is 9.99 Å². The van der Waals surface area contributed by atoms with Crippen molar-refractivity contribution >= 4 is 11.5 Å². The standard InChI is InChI=1S/C7H12N4/c1-11(2)10-6-3-4-9-7(8)5-6/h3-5H,1-2H3,(H3,8,9,10). The van der Waals surface area contributed by atoms with Crippen LogP contribution in [0.3, 0.4) is 0 Å². The third-order valence-electron chi connectivity index (χ3n) is 1.13. The van der Waals surface area contributed by atoms with Gasteiger partial charge in [0.25, 0.3) is 0 Å². The molecule has 0 aliphatic heterocycles. The van der Waals surface area contributed by atoms with Gasteiger partial charge in [-0.15, -0.1) is 0 Å². The van der Waals surface area contributed by atoms with Gasteiger partial charge in [-0.3, -0.25) is 0 Å². The Morgan fingerprint density at radius 2 is 2.27 bits per heavy atom. The summed E-state index contributed by atoms with van der Waals surface area (Å²) in [6.07, 6.45) is 1.67. The second-order valence-corrected chi connectivity index (χ2v) is 2.48. The smallest absolute Gasteiger partial charge is 0.125 e. The number of pyridine rings is 1. The third kappa shape index (κ3) is 2.43. The summed E-state index contributed by atoms with van der Waals surface area (Å²) in [6, 6.07) is 3.64. The molecular weight excluding hydrogens is 140 g/mol. The van der Waals surface area contributed by atoms with Crippen molar-refractivity contribution < 1.29 is 0 Å². The van der Waals surface area contributed by atoms with E-state index in [0.717, 1.165) is 5.69 Å². The van der Waals surface area contributed by atoms with Gasteiger partial charge in [-0.25, -0.2) is 9.99 Å². The Bertz CT molecular complexity index is 234. The van der Waals surface area contributed by atoms with Crippen LogP contribution in [-0.2, 0) is 0 Å². The predicted molar refractivity (Wildman–Crippen MR) is 46.0 cm³/mol. The Labute approximate surface area is 66.0 Å². The topological polar surface area (TPSA) is 54.2 Å². The Balaban J connectivity index is 2.71. The number of hydrogen-bond acceptors (Lipinski definition) is 4. The Kier molecular flexibility index (Phi) is 2.28. The van der Waals surface area contributed by atoms with Gasteiger partial charge in [0.1, 0.15) is 5.82 Å². The number of aromatic nitrogens is 1. The molecule has 0 spiro atoms. The fraction of sp³-hybridized carbons (Fsp3) is 0.286. The van der Waals surface area contributed by atoms with Crippen LogP contribution in [0.4, 0.5) is 11.5 Å². The number of nitrogens with one attached hydrogen (secondary N) is 1. The summed E-state index contributed by atoms with van der Waals surface area (Å²) < 4.78 is 0. The second kappa shape index (κ2) is 3.21. The van der Waals surface area contributed by atoms with Crippen LogP contribution in [0.2, 0.25) is 0 Å². The van der Waals surface area contributed by atoms with Crippen LogP contribution in [0.5, 0.6) is 0 Å². The van der Waals surface area contributed by atoms with Crippen LogP contribution in [0.25, 0.3) is 0 Å². The maximum Gasteiger partial charge on any atom is 0.125 e. The molecule has 0 aliphatic carbocycles. The molecule has 1 rings (SSSR count). The summed E-state index contributed by atoms with van der Waals surface area (Å²) in [5.74, 6) is 0.525. The minimum Gasteiger partial charge on any atom is -0.384 e. The summed E-state index contributed by atoms with van der Waals surface area (Å²) in [7, 11) is 3.83. The Hall–Kier alpha value is -1.29. The molecular formula is C7H12N4. The first-order chi connectivity index (χ1) is 5.18. The van der Waals surface area contributed by atoms with Gasteiger partial charge in [0.15, 0.2) is 0 Å². The first-order valence-electron chi connectivity index (χ1n) is 3.34. The largest absolute Gasteiger partial charge is 0.384 e. The molecule has 3 N–H and O–H groups in total. The summed E-state index contributed by atoms with van der Waals surface area (Å²) in [5, 5.41) is 1.84. The van der Waals surface area contributed by atoms with Crippen molar-refractivity contribution in [3.05, 3.63) is 18.3 Å². The molecule has 60 valence electrons. The first kappa shape index (κ1) is 7.81. The average Bonchev–Trinajstić information content (AvgIpc) is 1.85. The highest BCUT2D eigenvalue weighted by atomic mass is 15.5. The molecule has 0 radical (unpaired) electrons. The van der Waals surface area contributed by atoms with Crippen LogP contribution >= 0.6 is 0 Å². The maximum atomic E-state index is 5.46. The van der Waals surface area contributed by atoms with E-state index in [1.807, 2.05) is 25.2 Å². The van der Waals surface area contributed by atoms with E-state index in [1.165, 1.54) is 0 Å². The highest BCUT2D eigenvalue weighted by Crippen LogP contribution is 2.08. The molecule has 4 nitrogen and oxygen atoms in total. The first-order valence-corrected chi connectivity index (χ1v) is 3.34. The fourth-order valence-corrected chi connectivity index (χ4v) is 0.776. The number of nitrogens with zero attached hydrogens (tertiary/aromatic N) is 2. The second-order valence-electron chi connectivity index (χ2n) is 2.48. The minimum atomic E-state index is 0.525. The normalized spacial score (nSPS) is 10.1. The van der Waals surface area contributed by atoms with Crippen LogP contribution in [0.15, 0.2) is 18.3 Å². The molecule has 0 bridgehead atoms. The summed E-state index contributed by atoms with van der Waals surface area (Å²) in [5.41, 5.74) is 9.47. The number of hydrogen-bond donors (Lipinski definition) is 2. The molecule has 1 heterocycles. The van der Waals surface area contributed by atoms with Crippen molar-refractivity contribution in [3.8, 4) is 0 Å². The Morgan fingerprint density at radius 3 is 2.82 bits per heavy atom. The molecule has 0 atom stereocenters. The highest BCUT2D eigenvalue weighted by molar-refractivity contribution is 5.48. The lowest BCUT2D eigenvalue weighted by atomic mass is 10.4. The van der Waals surface area contributed by atoms with Gasteiger partial charge in [-0.05, 0) is 6.07 Å². The van der Waals surface area contributed by atoms with Crippen molar-refractivity contribution in [3.63, 3.8) is 0 Å². The summed E-state index contributed by atoms with van der Waals surface area (Å²) in [4.78, 5) is 3.87. The van der Waals surface area contributed by atoms with E-state index < -0.39 is 0 Å². The minimum absolute atomic E-state index is 0.525. The molecule has 1 aromatic heterocycles. The van der Waals surface area contributed by atoms with E-state index in [9.17, 15) is 0 Å². The van der Waals surface area contributed by atoms with Crippen LogP contribution < -0.4 is 11.2 Å². The molecule has 0 aromatic carbocycles. The molecule has 0 saturated heterocycles. The van der Waals surface area contributed by atoms with E-state index in [2.05, 4.69) is 10.4 Å². The molecule has 0 fully saturated rings. The molecule has 0 unspecified atom stereocenters. The van der Waals surface area contributed by atoms with Gasteiger partial charge in [-0.2, -0.15) is 0 Å². The van der Waals surface area contributed by atoms with Crippen LogP contribution in [-0.4, -0.2) is 24.1 Å². The number of hydrazine groups is 1. The van der Waals surface area contributed by atoms with Gasteiger partial charge in [0.2, 0.25) is 0 Å². The van der Waals surface area contributed by atoms with Gasteiger partial charge in [0.05, 0.1) is 5.69 Å². The lowest BCUT2D eigenvalue weighted by molar-refractivity contribution is 0.495. The van der Waals surface area contributed by atoms with Crippen LogP contribution in [0, 0.1) is 0 Å². The molecule has 0 aliphatic rings. The van der Waals surface area contributed by atoms with Gasteiger partial charge in [0, 0.05) is 26.4 Å². The molecule has 4 heteroatoms. The SMILES string of the molecule is CN(C)Nc1ccnc(N)c1. The van der Waals surface area contributed by atoms with Gasteiger partial charge in [-0.1, -0.05) is 0 Å². The monoisotopic (exact) mass is 152 g/mol. The highest BCUT2D eigenvalue weighted by Gasteiger charge is 1.92. The lowest BCUT2D eigenvalue weighted by Gasteiger charge is -2.12. The number of nitrogen functional groups attached to an aromatic ring is 1. The van der Waals surface area contributed by atoms with E-state index >= 15 is 0 Å². The van der Waals surface area contributed by atoms with Crippen molar-refractivity contribution in [1.29, 1.82) is 0 Å². The third-order valence-corrected chi connectivity index (χ3v) is 1.13. The van der Waals surface area contributed by atoms with E-state index in [-0.39, 0.29) is 0 Å². The van der Waals surface area contributed by atoms with Crippen molar-refractivity contribution in [2.45, 2.75) is 0 Å². The van der Waals surface area contributed by atoms with Crippen LogP contribution in [0.1, 0.15) is 0 Å². The van der Waals surface area contributed by atoms with E-state index in [0.29, 0.717) is 5.82 Å². The summed E-state index contributed by atoms with van der Waals surface area (Å²) in [6.45, 7) is 0. The van der Waals surface area contributed by atoms with Gasteiger partial charge >= 0.3 is 0 Å². The molecule has 11 heavy (non-hydrogen) atoms. The molecule has 0 amide bonds. The predicted octanol–water partition coefficient (Wildman–Crippen LogP) is 0.552. The number of rotatable bonds is 2. The summed E-state index contributed by atoms with van der Waals surface area (Å²) >= 11 is 0. The number of anilines is 2. The maximum absolute atomic E-state index is 5.46. The zero-order valence-corrected chi connectivity index (χ0v) is 6.70. The fourth-order valence-electron chi connectivity index (χ4n) is 0.776. The van der Waals surface area contributed by atoms with Crippen molar-refractivity contribution in [2.24, 2.45) is 0 Å². The zero-order chi connectivity index (χ0) is 8.27. The quantitative estimate of drug-likeness (QED) is 0.608. The average molecular weight is 152 g/mol. The van der Waals surface area contributed by atoms with E-state index in [4.69, 9.17) is 5.73 Å². The van der Waals surface area contributed by atoms with Crippen molar-refractivity contribution in [2.75, 3.05) is 25.3 Å². The van der Waals surface area contributed by atoms with Gasteiger partial charge < -0.3 is 11.2 Å². The van der Waals surface area contributed by atoms with E-state index in [1.54, 1.807) is 12.3 Å². The zero-order valence-electron chi connectivity index (χ0n) is 6.70. The Morgan fingerprint density at radius 1 is 1.55 bits per heavy atom. The molecule has 0 saturated carbocycles.